The highest BCUT2D eigenvalue weighted by atomic mass is 16.6. The number of hydrogen-bond acceptors (Lipinski definition) is 9. The van der Waals surface area contributed by atoms with Gasteiger partial charge in [-0.1, -0.05) is 49.9 Å². The van der Waals surface area contributed by atoms with Crippen LogP contribution < -0.4 is 34.9 Å². The summed E-state index contributed by atoms with van der Waals surface area (Å²) >= 11 is 0. The quantitative estimate of drug-likeness (QED) is 0.104. The summed E-state index contributed by atoms with van der Waals surface area (Å²) in [5.41, 5.74) is 3.27. The first-order chi connectivity index (χ1) is 26.2. The van der Waals surface area contributed by atoms with Crippen molar-refractivity contribution in [2.75, 3.05) is 33.9 Å². The maximum Gasteiger partial charge on any atom is 0.412 e. The Kier molecular flexibility index (Phi) is 14.7. The van der Waals surface area contributed by atoms with Crippen LogP contribution >= 0.6 is 0 Å². The number of carbonyl (C=O) groups is 5. The first-order valence-electron chi connectivity index (χ1n) is 18.7. The van der Waals surface area contributed by atoms with E-state index in [0.717, 1.165) is 74.8 Å². The van der Waals surface area contributed by atoms with Crippen molar-refractivity contribution in [2.45, 2.75) is 83.2 Å². The molecule has 3 aromatic rings. The summed E-state index contributed by atoms with van der Waals surface area (Å²) in [6.07, 6.45) is 8.17. The Hall–Kier alpha value is -5.59. The minimum Gasteiger partial charge on any atom is -0.493 e. The lowest BCUT2D eigenvalue weighted by molar-refractivity contribution is -0.137. The standard InChI is InChI=1S/C41H50N4O9/c1-51-35-20-18-29(25-36(35)52-2)13-9-12-28-14-10-15-30(24-28)53-27-38(47)42-22-7-5-3-4-6-8-23-43-41(50)54-34-17-11-16-31-32(34)26-45(40(31)49)33-19-21-37(46)44-39(33)48/h10-11,14-18,20,24-25,33H,3-9,12-13,19,21-23,26-27H2,1-2H3,(H,42,47)(H,43,50)(H,44,46,48). The van der Waals surface area contributed by atoms with Gasteiger partial charge in [-0.15, -0.1) is 0 Å². The number of amides is 5. The SMILES string of the molecule is COc1ccc(CCCc2cccc(OCC(=O)NCCCCCCCCNC(=O)Oc3cccc4c3CN(C3CCC(=O)NC3=O)C4=O)c2)cc1OC. The molecule has 1 saturated heterocycles. The highest BCUT2D eigenvalue weighted by molar-refractivity contribution is 6.05. The molecule has 0 spiro atoms. The first-order valence-corrected chi connectivity index (χ1v) is 18.7. The molecule has 1 fully saturated rings. The number of unbranched alkanes of at least 4 members (excludes halogenated alkanes) is 5. The van der Waals surface area contributed by atoms with Crippen LogP contribution in [0.5, 0.6) is 23.0 Å². The maximum atomic E-state index is 13.0. The van der Waals surface area contributed by atoms with Crippen LogP contribution in [0.15, 0.2) is 60.7 Å². The topological polar surface area (TPSA) is 162 Å². The van der Waals surface area contributed by atoms with Gasteiger partial charge in [0, 0.05) is 30.6 Å². The van der Waals surface area contributed by atoms with Crippen LogP contribution in [0.1, 0.15) is 84.8 Å². The van der Waals surface area contributed by atoms with Crippen molar-refractivity contribution >= 4 is 29.7 Å². The molecule has 0 saturated carbocycles. The molecule has 288 valence electrons. The van der Waals surface area contributed by atoms with E-state index < -0.39 is 18.0 Å². The smallest absolute Gasteiger partial charge is 0.412 e. The summed E-state index contributed by atoms with van der Waals surface area (Å²) in [5.74, 6) is 1.08. The molecule has 13 heteroatoms. The summed E-state index contributed by atoms with van der Waals surface area (Å²) in [7, 11) is 3.26. The van der Waals surface area contributed by atoms with Crippen LogP contribution in [0, 0.1) is 0 Å². The minimum absolute atomic E-state index is 0.0315. The van der Waals surface area contributed by atoms with E-state index in [1.807, 2.05) is 30.3 Å². The van der Waals surface area contributed by atoms with E-state index in [9.17, 15) is 24.0 Å². The number of methoxy groups -OCH3 is 2. The van der Waals surface area contributed by atoms with Gasteiger partial charge in [0.2, 0.25) is 11.8 Å². The average molecular weight is 743 g/mol. The van der Waals surface area contributed by atoms with Gasteiger partial charge in [-0.25, -0.2) is 4.79 Å². The lowest BCUT2D eigenvalue weighted by Crippen LogP contribution is -2.52. The maximum absolute atomic E-state index is 13.0. The van der Waals surface area contributed by atoms with Gasteiger partial charge >= 0.3 is 6.09 Å². The molecule has 3 aromatic carbocycles. The first kappa shape index (κ1) is 39.6. The molecule has 0 aliphatic carbocycles. The van der Waals surface area contributed by atoms with E-state index in [-0.39, 0.29) is 49.5 Å². The predicted octanol–water partition coefficient (Wildman–Crippen LogP) is 5.26. The average Bonchev–Trinajstić information content (AvgIpc) is 3.51. The largest absolute Gasteiger partial charge is 0.493 e. The Morgan fingerprint density at radius 3 is 2.22 bits per heavy atom. The second-order valence-electron chi connectivity index (χ2n) is 13.4. The number of hydrogen-bond donors (Lipinski definition) is 3. The Labute approximate surface area is 316 Å². The van der Waals surface area contributed by atoms with Gasteiger partial charge < -0.3 is 34.5 Å². The van der Waals surface area contributed by atoms with E-state index in [4.69, 9.17) is 18.9 Å². The Morgan fingerprint density at radius 2 is 1.48 bits per heavy atom. The molecule has 1 unspecified atom stereocenters. The van der Waals surface area contributed by atoms with Crippen molar-refractivity contribution in [1.29, 1.82) is 0 Å². The highest BCUT2D eigenvalue weighted by Crippen LogP contribution is 2.34. The summed E-state index contributed by atoms with van der Waals surface area (Å²) in [5, 5.41) is 7.97. The van der Waals surface area contributed by atoms with Crippen LogP contribution in [0.2, 0.25) is 0 Å². The van der Waals surface area contributed by atoms with Gasteiger partial charge in [-0.2, -0.15) is 0 Å². The molecule has 5 rings (SSSR count). The molecule has 13 nitrogen and oxygen atoms in total. The number of benzene rings is 3. The molecule has 3 N–H and O–H groups in total. The van der Waals surface area contributed by atoms with Crippen molar-refractivity contribution < 1.29 is 42.9 Å². The fourth-order valence-corrected chi connectivity index (χ4v) is 6.69. The van der Waals surface area contributed by atoms with Gasteiger partial charge in [0.25, 0.3) is 11.8 Å². The number of carbonyl (C=O) groups excluding carboxylic acids is 5. The molecule has 1 atom stereocenters. The zero-order valence-electron chi connectivity index (χ0n) is 31.1. The van der Waals surface area contributed by atoms with Crippen molar-refractivity contribution in [1.82, 2.24) is 20.9 Å². The van der Waals surface area contributed by atoms with Crippen LogP contribution in [-0.4, -0.2) is 74.6 Å². The minimum atomic E-state index is -0.739. The number of ether oxygens (including phenoxy) is 4. The number of nitrogens with one attached hydrogen (secondary N) is 3. The normalized spacial score (nSPS) is 15.0. The monoisotopic (exact) mass is 742 g/mol. The van der Waals surface area contributed by atoms with Crippen LogP contribution in [0.4, 0.5) is 4.79 Å². The number of piperidine rings is 1. The van der Waals surface area contributed by atoms with Crippen molar-refractivity contribution in [3.05, 3.63) is 82.9 Å². The Balaban J connectivity index is 0.883. The van der Waals surface area contributed by atoms with E-state index in [1.54, 1.807) is 32.4 Å². The van der Waals surface area contributed by atoms with Crippen molar-refractivity contribution in [3.8, 4) is 23.0 Å². The third-order valence-electron chi connectivity index (χ3n) is 9.58. The van der Waals surface area contributed by atoms with E-state index >= 15 is 0 Å². The van der Waals surface area contributed by atoms with E-state index in [1.165, 1.54) is 10.5 Å². The molecule has 2 aliphatic rings. The fourth-order valence-electron chi connectivity index (χ4n) is 6.69. The molecule has 0 aromatic heterocycles. The third kappa shape index (κ3) is 11.2. The molecular weight excluding hydrogens is 692 g/mol. The Bertz CT molecular complexity index is 1800. The summed E-state index contributed by atoms with van der Waals surface area (Å²) in [6, 6.07) is 18.0. The molecule has 0 bridgehead atoms. The molecule has 5 amide bonds. The van der Waals surface area contributed by atoms with Gasteiger partial charge in [-0.05, 0) is 86.1 Å². The number of rotatable bonds is 20. The van der Waals surface area contributed by atoms with Gasteiger partial charge in [-0.3, -0.25) is 24.5 Å². The summed E-state index contributed by atoms with van der Waals surface area (Å²) in [4.78, 5) is 63.1. The van der Waals surface area contributed by atoms with Gasteiger partial charge in [0.1, 0.15) is 17.5 Å². The highest BCUT2D eigenvalue weighted by Gasteiger charge is 2.40. The van der Waals surface area contributed by atoms with Gasteiger partial charge in [0.05, 0.1) is 20.8 Å². The number of aryl methyl sites for hydroxylation is 2. The van der Waals surface area contributed by atoms with Crippen LogP contribution in [0.25, 0.3) is 0 Å². The van der Waals surface area contributed by atoms with Crippen LogP contribution in [0.3, 0.4) is 0 Å². The third-order valence-corrected chi connectivity index (χ3v) is 9.58. The van der Waals surface area contributed by atoms with Gasteiger partial charge in [0.15, 0.2) is 18.1 Å². The number of imide groups is 1. The molecule has 0 radical (unpaired) electrons. The van der Waals surface area contributed by atoms with Crippen molar-refractivity contribution in [3.63, 3.8) is 0 Å². The second kappa shape index (κ2) is 20.0. The molecule has 54 heavy (non-hydrogen) atoms. The van der Waals surface area contributed by atoms with Crippen LogP contribution in [-0.2, 0) is 33.8 Å². The molecule has 2 aliphatic heterocycles. The number of fused-ring (bicyclic) bond motifs is 1. The number of nitrogens with zero attached hydrogens (tertiary/aromatic N) is 1. The zero-order valence-corrected chi connectivity index (χ0v) is 31.1. The second-order valence-corrected chi connectivity index (χ2v) is 13.4. The lowest BCUT2D eigenvalue weighted by atomic mass is 10.0. The summed E-state index contributed by atoms with van der Waals surface area (Å²) in [6.45, 7) is 1.14. The zero-order chi connectivity index (χ0) is 38.3. The lowest BCUT2D eigenvalue weighted by Gasteiger charge is -2.29. The Morgan fingerprint density at radius 1 is 0.778 bits per heavy atom. The summed E-state index contributed by atoms with van der Waals surface area (Å²) < 4.78 is 22.0. The van der Waals surface area contributed by atoms with E-state index in [2.05, 4.69) is 28.1 Å². The van der Waals surface area contributed by atoms with Crippen molar-refractivity contribution in [2.24, 2.45) is 0 Å². The fraction of sp³-hybridized carbons (Fsp3) is 0.439. The van der Waals surface area contributed by atoms with E-state index in [0.29, 0.717) is 30.0 Å². The molecular formula is C41H50N4O9. The molecule has 2 heterocycles. The predicted molar refractivity (Wildman–Crippen MR) is 201 cm³/mol.